The molecular weight excluding hydrogens is 309 g/mol. The Bertz CT molecular complexity index is 666. The second-order valence-corrected chi connectivity index (χ2v) is 6.26. The number of likely N-dealkylation sites (tertiary alicyclic amines) is 1. The van der Waals surface area contributed by atoms with Crippen LogP contribution in [0.2, 0.25) is 0 Å². The van der Waals surface area contributed by atoms with Gasteiger partial charge >= 0.3 is 6.01 Å². The first-order valence-corrected chi connectivity index (χ1v) is 8.14. The summed E-state index contributed by atoms with van der Waals surface area (Å²) in [7, 11) is 1.54. The normalized spacial score (nSPS) is 21.6. The van der Waals surface area contributed by atoms with E-state index in [2.05, 4.69) is 14.9 Å². The molecule has 1 aromatic heterocycles. The molecule has 6 heteroatoms. The number of hydrogen-bond donors (Lipinski definition) is 1. The number of rotatable bonds is 5. The summed E-state index contributed by atoms with van der Waals surface area (Å²) in [5.74, 6) is -0.0610. The van der Waals surface area contributed by atoms with Crippen molar-refractivity contribution >= 4 is 0 Å². The number of ether oxygens (including phenoxy) is 1. The number of aromatic nitrogens is 2. The molecule has 0 aliphatic carbocycles. The molecule has 0 bridgehead atoms. The van der Waals surface area contributed by atoms with Crippen LogP contribution in [0.15, 0.2) is 36.7 Å². The van der Waals surface area contributed by atoms with Crippen molar-refractivity contribution in [1.82, 2.24) is 14.9 Å². The van der Waals surface area contributed by atoms with Crippen molar-refractivity contribution < 1.29 is 14.2 Å². The third-order valence-corrected chi connectivity index (χ3v) is 4.46. The zero-order chi connectivity index (χ0) is 16.9. The van der Waals surface area contributed by atoms with Crippen LogP contribution in [0.5, 0.6) is 6.01 Å². The van der Waals surface area contributed by atoms with E-state index in [1.807, 2.05) is 6.07 Å². The molecule has 1 fully saturated rings. The summed E-state index contributed by atoms with van der Waals surface area (Å²) in [6.45, 7) is 2.20. The van der Waals surface area contributed by atoms with Crippen molar-refractivity contribution in [3.05, 3.63) is 53.6 Å². The van der Waals surface area contributed by atoms with Crippen LogP contribution in [0.25, 0.3) is 0 Å². The molecule has 1 N–H and O–H groups in total. The van der Waals surface area contributed by atoms with Gasteiger partial charge in [0.25, 0.3) is 0 Å². The minimum absolute atomic E-state index is 0.162. The van der Waals surface area contributed by atoms with Gasteiger partial charge in [-0.05, 0) is 43.0 Å². The number of benzene rings is 1. The molecule has 128 valence electrons. The summed E-state index contributed by atoms with van der Waals surface area (Å²) < 4.78 is 18.2. The Balaban J connectivity index is 1.54. The molecule has 1 aliphatic heterocycles. The zero-order valence-electron chi connectivity index (χ0n) is 13.7. The Morgan fingerprint density at radius 1 is 1.29 bits per heavy atom. The van der Waals surface area contributed by atoms with Crippen molar-refractivity contribution in [2.45, 2.75) is 25.5 Å². The first-order chi connectivity index (χ1) is 11.6. The maximum atomic E-state index is 13.3. The highest BCUT2D eigenvalue weighted by molar-refractivity contribution is 5.17. The Labute approximate surface area is 141 Å². The van der Waals surface area contributed by atoms with Crippen LogP contribution in [0.3, 0.4) is 0 Å². The summed E-state index contributed by atoms with van der Waals surface area (Å²) in [6, 6.07) is 6.98. The Morgan fingerprint density at radius 2 is 2.08 bits per heavy atom. The SMILES string of the molecule is COc1ncc(CN2CC[C@H](Cc3cccc(F)c3)[C@H](O)C2)cn1. The third kappa shape index (κ3) is 4.27. The summed E-state index contributed by atoms with van der Waals surface area (Å²) in [5, 5.41) is 10.4. The lowest BCUT2D eigenvalue weighted by atomic mass is 9.87. The van der Waals surface area contributed by atoms with Crippen molar-refractivity contribution in [2.24, 2.45) is 5.92 Å². The maximum absolute atomic E-state index is 13.3. The molecule has 0 amide bonds. The summed E-state index contributed by atoms with van der Waals surface area (Å²) >= 11 is 0. The Kier molecular flexibility index (Phi) is 5.37. The molecular formula is C18H22FN3O2. The zero-order valence-corrected chi connectivity index (χ0v) is 13.7. The smallest absolute Gasteiger partial charge is 0.316 e. The average molecular weight is 331 g/mol. The summed E-state index contributed by atoms with van der Waals surface area (Å²) in [5.41, 5.74) is 1.93. The highest BCUT2D eigenvalue weighted by Crippen LogP contribution is 2.23. The van der Waals surface area contributed by atoms with Gasteiger partial charge in [0.1, 0.15) is 5.82 Å². The number of aliphatic hydroxyl groups excluding tert-OH is 1. The van der Waals surface area contributed by atoms with Gasteiger partial charge < -0.3 is 9.84 Å². The third-order valence-electron chi connectivity index (χ3n) is 4.46. The highest BCUT2D eigenvalue weighted by Gasteiger charge is 2.27. The second-order valence-electron chi connectivity index (χ2n) is 6.26. The van der Waals surface area contributed by atoms with Gasteiger partial charge in [-0.2, -0.15) is 0 Å². The minimum Gasteiger partial charge on any atom is -0.467 e. The van der Waals surface area contributed by atoms with Crippen LogP contribution in [-0.4, -0.2) is 46.3 Å². The number of hydrogen-bond acceptors (Lipinski definition) is 5. The minimum atomic E-state index is -0.416. The van der Waals surface area contributed by atoms with Crippen LogP contribution in [0, 0.1) is 11.7 Å². The van der Waals surface area contributed by atoms with E-state index < -0.39 is 6.10 Å². The number of nitrogens with zero attached hydrogens (tertiary/aromatic N) is 3. The standard InChI is InChI=1S/C18H22FN3O2/c1-24-18-20-9-14(10-21-18)11-22-6-5-15(17(23)12-22)7-13-3-2-4-16(19)8-13/h2-4,8-10,15,17,23H,5-7,11-12H2,1H3/t15-,17-/m1/s1. The quantitative estimate of drug-likeness (QED) is 0.909. The van der Waals surface area contributed by atoms with Gasteiger partial charge in [0.2, 0.25) is 0 Å². The number of piperidine rings is 1. The molecule has 3 rings (SSSR count). The molecule has 5 nitrogen and oxygen atoms in total. The van der Waals surface area contributed by atoms with E-state index >= 15 is 0 Å². The van der Waals surface area contributed by atoms with Crippen molar-refractivity contribution in [3.63, 3.8) is 0 Å². The van der Waals surface area contributed by atoms with E-state index in [0.717, 1.165) is 24.1 Å². The van der Waals surface area contributed by atoms with Crippen LogP contribution >= 0.6 is 0 Å². The van der Waals surface area contributed by atoms with E-state index in [9.17, 15) is 9.50 Å². The molecule has 0 unspecified atom stereocenters. The number of aliphatic hydroxyl groups is 1. The highest BCUT2D eigenvalue weighted by atomic mass is 19.1. The molecule has 2 aromatic rings. The molecule has 0 saturated carbocycles. The Hall–Kier alpha value is -2.05. The first-order valence-electron chi connectivity index (χ1n) is 8.14. The molecule has 1 aromatic carbocycles. The molecule has 1 saturated heterocycles. The number of methoxy groups -OCH3 is 1. The summed E-state index contributed by atoms with van der Waals surface area (Å²) in [4.78, 5) is 10.4. The fourth-order valence-corrected chi connectivity index (χ4v) is 3.18. The predicted molar refractivity (Wildman–Crippen MR) is 88.1 cm³/mol. The van der Waals surface area contributed by atoms with E-state index in [-0.39, 0.29) is 11.7 Å². The van der Waals surface area contributed by atoms with Gasteiger partial charge in [-0.15, -0.1) is 0 Å². The maximum Gasteiger partial charge on any atom is 0.316 e. The number of halogens is 1. The van der Waals surface area contributed by atoms with Gasteiger partial charge in [0, 0.05) is 31.0 Å². The van der Waals surface area contributed by atoms with Crippen molar-refractivity contribution in [1.29, 1.82) is 0 Å². The van der Waals surface area contributed by atoms with Crippen LogP contribution in [0.4, 0.5) is 4.39 Å². The van der Waals surface area contributed by atoms with Crippen LogP contribution in [-0.2, 0) is 13.0 Å². The topological polar surface area (TPSA) is 58.5 Å². The van der Waals surface area contributed by atoms with Gasteiger partial charge in [0.15, 0.2) is 0 Å². The largest absolute Gasteiger partial charge is 0.467 e. The van der Waals surface area contributed by atoms with Gasteiger partial charge in [-0.1, -0.05) is 12.1 Å². The van der Waals surface area contributed by atoms with Gasteiger partial charge in [-0.25, -0.2) is 14.4 Å². The van der Waals surface area contributed by atoms with Crippen LogP contribution < -0.4 is 4.74 Å². The van der Waals surface area contributed by atoms with E-state index in [0.29, 0.717) is 25.5 Å². The molecule has 2 atom stereocenters. The molecule has 0 spiro atoms. The van der Waals surface area contributed by atoms with Gasteiger partial charge in [-0.3, -0.25) is 4.90 Å². The molecule has 0 radical (unpaired) electrons. The molecule has 24 heavy (non-hydrogen) atoms. The monoisotopic (exact) mass is 331 g/mol. The van der Waals surface area contributed by atoms with E-state index in [1.165, 1.54) is 13.2 Å². The second kappa shape index (κ2) is 7.68. The average Bonchev–Trinajstić information content (AvgIpc) is 2.58. The van der Waals surface area contributed by atoms with E-state index in [1.54, 1.807) is 24.5 Å². The Morgan fingerprint density at radius 3 is 2.75 bits per heavy atom. The fraction of sp³-hybridized carbons (Fsp3) is 0.444. The lowest BCUT2D eigenvalue weighted by molar-refractivity contribution is 0.0186. The van der Waals surface area contributed by atoms with E-state index in [4.69, 9.17) is 4.74 Å². The lowest BCUT2D eigenvalue weighted by Gasteiger charge is -2.36. The van der Waals surface area contributed by atoms with Crippen molar-refractivity contribution in [2.75, 3.05) is 20.2 Å². The summed E-state index contributed by atoms with van der Waals surface area (Å²) in [6.07, 6.45) is 4.67. The molecule has 2 heterocycles. The lowest BCUT2D eigenvalue weighted by Crippen LogP contribution is -2.44. The fourth-order valence-electron chi connectivity index (χ4n) is 3.18. The molecule has 1 aliphatic rings. The van der Waals surface area contributed by atoms with Gasteiger partial charge in [0.05, 0.1) is 13.2 Å². The number of β-amino-alcohol motifs (C(OH)–C–C–N with tert-alkyl or cyclic N) is 1. The van der Waals surface area contributed by atoms with Crippen molar-refractivity contribution in [3.8, 4) is 6.01 Å². The predicted octanol–water partition coefficient (Wildman–Crippen LogP) is 2.05. The first kappa shape index (κ1) is 16.8. The van der Waals surface area contributed by atoms with Crippen LogP contribution in [0.1, 0.15) is 17.5 Å².